The fourth-order valence-electron chi connectivity index (χ4n) is 2.78. The Bertz CT molecular complexity index is 1150. The molecule has 12 heteroatoms. The topological polar surface area (TPSA) is 88.9 Å². The number of aliphatic hydroxyl groups excluding tert-OH is 1. The molecule has 0 aliphatic carbocycles. The molecule has 3 rings (SSSR count). The van der Waals surface area contributed by atoms with Crippen LogP contribution in [0.3, 0.4) is 0 Å². The maximum atomic E-state index is 13.0. The average Bonchev–Trinajstić information content (AvgIpc) is 3.28. The number of hydrogen-bond donors (Lipinski definition) is 2. The van der Waals surface area contributed by atoms with Crippen LogP contribution in [0.1, 0.15) is 34.2 Å². The van der Waals surface area contributed by atoms with Gasteiger partial charge >= 0.3 is 6.18 Å². The largest absolute Gasteiger partial charge is 0.497 e. The van der Waals surface area contributed by atoms with Crippen LogP contribution in [0.25, 0.3) is 0 Å². The first-order valence-corrected chi connectivity index (χ1v) is 10.7. The van der Waals surface area contributed by atoms with Gasteiger partial charge in [0.25, 0.3) is 0 Å². The number of nitrogens with one attached hydrogen (secondary N) is 1. The van der Waals surface area contributed by atoms with Crippen molar-refractivity contribution in [3.05, 3.63) is 62.7 Å². The van der Waals surface area contributed by atoms with E-state index in [4.69, 9.17) is 21.1 Å². The second-order valence-corrected chi connectivity index (χ2v) is 8.21. The number of alkyl halides is 3. The van der Waals surface area contributed by atoms with E-state index < -0.39 is 23.0 Å². The van der Waals surface area contributed by atoms with Crippen LogP contribution in [-0.4, -0.2) is 35.0 Å². The predicted octanol–water partition coefficient (Wildman–Crippen LogP) is 5.34. The fourth-order valence-corrected chi connectivity index (χ4v) is 3.81. The maximum Gasteiger partial charge on any atom is 0.418 e. The summed E-state index contributed by atoms with van der Waals surface area (Å²) in [6.07, 6.45) is -3.66. The number of thiazole rings is 1. The molecule has 2 N–H and O–H groups in total. The van der Waals surface area contributed by atoms with Crippen LogP contribution in [0.4, 0.5) is 19.0 Å². The molecule has 0 radical (unpaired) electrons. The Labute approximate surface area is 196 Å². The van der Waals surface area contributed by atoms with Gasteiger partial charge in [-0.3, -0.25) is 4.99 Å². The summed E-state index contributed by atoms with van der Waals surface area (Å²) >= 11 is 6.72. The molecule has 176 valence electrons. The Morgan fingerprint density at radius 3 is 2.64 bits per heavy atom. The molecular formula is C21H20ClF3N4O3S. The van der Waals surface area contributed by atoms with Gasteiger partial charge in [-0.1, -0.05) is 11.6 Å². The van der Waals surface area contributed by atoms with E-state index in [1.54, 1.807) is 33.3 Å². The highest BCUT2D eigenvalue weighted by Crippen LogP contribution is 2.36. The number of aliphatic imine (C=N–C) groups is 1. The van der Waals surface area contributed by atoms with Crippen molar-refractivity contribution in [2.75, 3.05) is 19.5 Å². The van der Waals surface area contributed by atoms with Crippen molar-refractivity contribution in [3.63, 3.8) is 0 Å². The zero-order valence-corrected chi connectivity index (χ0v) is 19.3. The molecule has 33 heavy (non-hydrogen) atoms. The van der Waals surface area contributed by atoms with E-state index >= 15 is 0 Å². The smallest absolute Gasteiger partial charge is 0.418 e. The Hall–Kier alpha value is -2.89. The van der Waals surface area contributed by atoms with Crippen molar-refractivity contribution in [1.82, 2.24) is 9.97 Å². The maximum absolute atomic E-state index is 13.0. The van der Waals surface area contributed by atoms with Gasteiger partial charge in [-0.15, -0.1) is 11.3 Å². The van der Waals surface area contributed by atoms with E-state index in [0.717, 1.165) is 29.2 Å². The minimum Gasteiger partial charge on any atom is -0.497 e. The van der Waals surface area contributed by atoms with E-state index in [1.165, 1.54) is 6.20 Å². The summed E-state index contributed by atoms with van der Waals surface area (Å²) in [6.45, 7) is 2.11. The summed E-state index contributed by atoms with van der Waals surface area (Å²) in [7, 11) is 3.13. The number of hydrogen-bond acceptors (Lipinski definition) is 8. The molecule has 1 unspecified atom stereocenters. The molecule has 0 amide bonds. The van der Waals surface area contributed by atoms with Crippen LogP contribution in [0.5, 0.6) is 11.5 Å². The van der Waals surface area contributed by atoms with Gasteiger partial charge in [-0.2, -0.15) is 13.2 Å². The van der Waals surface area contributed by atoms with E-state index in [1.807, 2.05) is 6.07 Å². The molecule has 1 atom stereocenters. The van der Waals surface area contributed by atoms with Crippen LogP contribution < -0.4 is 14.8 Å². The zero-order chi connectivity index (χ0) is 24.2. The van der Waals surface area contributed by atoms with E-state index in [0.29, 0.717) is 33.6 Å². The number of methoxy groups -OCH3 is 2. The van der Waals surface area contributed by atoms with Gasteiger partial charge in [0.1, 0.15) is 22.3 Å². The number of benzene rings is 1. The Morgan fingerprint density at radius 1 is 1.21 bits per heavy atom. The molecule has 7 nitrogen and oxygen atoms in total. The van der Waals surface area contributed by atoms with Crippen LogP contribution in [-0.2, 0) is 12.7 Å². The second-order valence-electron chi connectivity index (χ2n) is 6.74. The van der Waals surface area contributed by atoms with Crippen LogP contribution in [0.15, 0.2) is 41.7 Å². The summed E-state index contributed by atoms with van der Waals surface area (Å²) in [6, 6.07) is 6.16. The van der Waals surface area contributed by atoms with Crippen molar-refractivity contribution < 1.29 is 27.8 Å². The number of nitrogens with zero attached hydrogens (tertiary/aromatic N) is 3. The fraction of sp³-hybridized carbons (Fsp3) is 0.286. The SMILES string of the molecule is COc1ccc(CN=C(C)c2ncc(C(O)Nc3cc(C(F)(F)F)c(Cl)cn3)s2)c(OC)c1. The van der Waals surface area contributed by atoms with Crippen molar-refractivity contribution in [2.45, 2.75) is 25.9 Å². The third-order valence-electron chi connectivity index (χ3n) is 4.53. The highest BCUT2D eigenvalue weighted by atomic mass is 35.5. The van der Waals surface area contributed by atoms with Gasteiger partial charge in [0.05, 0.1) is 41.9 Å². The molecule has 0 spiro atoms. The van der Waals surface area contributed by atoms with Crippen molar-refractivity contribution in [3.8, 4) is 11.5 Å². The van der Waals surface area contributed by atoms with E-state index in [-0.39, 0.29) is 5.82 Å². The number of anilines is 1. The summed E-state index contributed by atoms with van der Waals surface area (Å²) in [5.74, 6) is 1.13. The highest BCUT2D eigenvalue weighted by molar-refractivity contribution is 7.13. The molecule has 0 saturated heterocycles. The third kappa shape index (κ3) is 6.12. The monoisotopic (exact) mass is 500 g/mol. The first-order valence-electron chi connectivity index (χ1n) is 9.47. The van der Waals surface area contributed by atoms with Gasteiger partial charge in [-0.05, 0) is 25.1 Å². The zero-order valence-electron chi connectivity index (χ0n) is 17.8. The van der Waals surface area contributed by atoms with Gasteiger partial charge in [-0.25, -0.2) is 9.97 Å². The van der Waals surface area contributed by atoms with Gasteiger partial charge in [0, 0.05) is 24.0 Å². The Kier molecular flexibility index (Phi) is 7.77. The first-order chi connectivity index (χ1) is 15.6. The lowest BCUT2D eigenvalue weighted by Crippen LogP contribution is -2.12. The van der Waals surface area contributed by atoms with Gasteiger partial charge in [0.15, 0.2) is 6.23 Å². The third-order valence-corrected chi connectivity index (χ3v) is 5.99. The van der Waals surface area contributed by atoms with Crippen molar-refractivity contribution in [1.29, 1.82) is 0 Å². The number of ether oxygens (including phenoxy) is 2. The number of rotatable bonds is 8. The molecule has 0 bridgehead atoms. The van der Waals surface area contributed by atoms with Crippen LogP contribution >= 0.6 is 22.9 Å². The molecule has 0 aliphatic heterocycles. The number of aliphatic hydroxyl groups is 1. The number of pyridine rings is 1. The normalized spacial score (nSPS) is 13.0. The number of aromatic nitrogens is 2. The lowest BCUT2D eigenvalue weighted by molar-refractivity contribution is -0.137. The molecule has 1 aromatic carbocycles. The standard InChI is InChI=1S/C21H20ClF3N4O3S/c1-11(26-8-12-4-5-13(31-2)6-16(12)32-3)20-28-10-17(33-20)19(30)29-18-7-14(21(23,24)25)15(22)9-27-18/h4-7,9-10,19,30H,8H2,1-3H3,(H,27,29). The summed E-state index contributed by atoms with van der Waals surface area (Å²) in [5, 5.41) is 12.9. The minimum atomic E-state index is -4.64. The van der Waals surface area contributed by atoms with E-state index in [9.17, 15) is 18.3 Å². The average molecular weight is 501 g/mol. The quantitative estimate of drug-likeness (QED) is 0.320. The summed E-state index contributed by atoms with van der Waals surface area (Å²) in [4.78, 5) is 12.9. The lowest BCUT2D eigenvalue weighted by atomic mass is 10.2. The second kappa shape index (κ2) is 10.4. The molecule has 0 fully saturated rings. The van der Waals surface area contributed by atoms with Gasteiger partial charge in [0.2, 0.25) is 0 Å². The molecule has 0 aliphatic rings. The van der Waals surface area contributed by atoms with Gasteiger partial charge < -0.3 is 19.9 Å². The highest BCUT2D eigenvalue weighted by Gasteiger charge is 2.34. The van der Waals surface area contributed by atoms with Crippen molar-refractivity contribution in [2.24, 2.45) is 4.99 Å². The Morgan fingerprint density at radius 2 is 1.97 bits per heavy atom. The molecular weight excluding hydrogens is 481 g/mol. The van der Waals surface area contributed by atoms with Crippen LogP contribution in [0.2, 0.25) is 5.02 Å². The van der Waals surface area contributed by atoms with E-state index in [2.05, 4.69) is 20.3 Å². The van der Waals surface area contributed by atoms with Crippen molar-refractivity contribution >= 4 is 34.5 Å². The molecule has 2 aromatic heterocycles. The summed E-state index contributed by atoms with van der Waals surface area (Å²) in [5.41, 5.74) is 0.432. The summed E-state index contributed by atoms with van der Waals surface area (Å²) < 4.78 is 49.6. The number of halogens is 4. The van der Waals surface area contributed by atoms with Crippen LogP contribution in [0, 0.1) is 0 Å². The molecule has 2 heterocycles. The molecule has 0 saturated carbocycles. The Balaban J connectivity index is 1.71. The predicted molar refractivity (Wildman–Crippen MR) is 120 cm³/mol. The molecule has 3 aromatic rings. The lowest BCUT2D eigenvalue weighted by Gasteiger charge is -2.14. The first kappa shape index (κ1) is 24.7. The minimum absolute atomic E-state index is 0.175.